The van der Waals surface area contributed by atoms with Crippen molar-refractivity contribution in [2.24, 2.45) is 0 Å². The van der Waals surface area contributed by atoms with Crippen LogP contribution in [0.2, 0.25) is 0 Å². The Morgan fingerprint density at radius 3 is 2.50 bits per heavy atom. The lowest BCUT2D eigenvalue weighted by Gasteiger charge is -2.30. The molecule has 0 atom stereocenters. The minimum Gasteiger partial charge on any atom is -0.393 e. The van der Waals surface area contributed by atoms with E-state index in [1.54, 1.807) is 6.33 Å². The fourth-order valence-electron chi connectivity index (χ4n) is 3.07. The van der Waals surface area contributed by atoms with Gasteiger partial charge in [-0.15, -0.1) is 0 Å². The summed E-state index contributed by atoms with van der Waals surface area (Å²) in [5, 5.41) is 3.27. The number of nitrogens with zero attached hydrogens (tertiary/aromatic N) is 3. The van der Waals surface area contributed by atoms with Crippen molar-refractivity contribution in [3.8, 4) is 0 Å². The van der Waals surface area contributed by atoms with E-state index in [-0.39, 0.29) is 0 Å². The maximum Gasteiger partial charge on any atom is 0.159 e. The molecule has 3 aromatic rings. The lowest BCUT2D eigenvalue weighted by Crippen LogP contribution is -2.31. The third-order valence-electron chi connectivity index (χ3n) is 4.33. The fraction of sp³-hybridized carbons (Fsp3) is 0.158. The Morgan fingerprint density at radius 2 is 1.67 bits per heavy atom. The summed E-state index contributed by atoms with van der Waals surface area (Å²) in [5.41, 5.74) is 10.6. The molecule has 0 spiro atoms. The van der Waals surface area contributed by atoms with Crippen LogP contribution < -0.4 is 16.0 Å². The molecule has 0 fully saturated rings. The SMILES string of the molecule is Nc1c(Nc2ccccc2)ncnc1N1CCc2ccccc2C1. The van der Waals surface area contributed by atoms with Crippen LogP contribution in [0, 0.1) is 0 Å². The molecular weight excluding hydrogens is 298 g/mol. The van der Waals surface area contributed by atoms with E-state index in [9.17, 15) is 0 Å². The first-order valence-electron chi connectivity index (χ1n) is 8.05. The number of anilines is 4. The largest absolute Gasteiger partial charge is 0.393 e. The monoisotopic (exact) mass is 317 g/mol. The van der Waals surface area contributed by atoms with E-state index >= 15 is 0 Å². The summed E-state index contributed by atoms with van der Waals surface area (Å²) in [6.45, 7) is 1.73. The molecule has 24 heavy (non-hydrogen) atoms. The molecular formula is C19H19N5. The highest BCUT2D eigenvalue weighted by Crippen LogP contribution is 2.31. The van der Waals surface area contributed by atoms with Gasteiger partial charge in [-0.25, -0.2) is 9.97 Å². The Kier molecular flexibility index (Phi) is 3.75. The van der Waals surface area contributed by atoms with Crippen LogP contribution in [-0.4, -0.2) is 16.5 Å². The third-order valence-corrected chi connectivity index (χ3v) is 4.33. The molecule has 2 heterocycles. The quantitative estimate of drug-likeness (QED) is 0.775. The maximum atomic E-state index is 6.35. The van der Waals surface area contributed by atoms with Crippen LogP contribution in [0.5, 0.6) is 0 Å². The minimum absolute atomic E-state index is 0.584. The lowest BCUT2D eigenvalue weighted by atomic mass is 10.00. The molecule has 3 N–H and O–H groups in total. The van der Waals surface area contributed by atoms with E-state index in [1.807, 2.05) is 30.3 Å². The number of hydrogen-bond donors (Lipinski definition) is 2. The lowest BCUT2D eigenvalue weighted by molar-refractivity contribution is 0.721. The molecule has 0 radical (unpaired) electrons. The van der Waals surface area contributed by atoms with Crippen molar-refractivity contribution in [2.45, 2.75) is 13.0 Å². The molecule has 2 aromatic carbocycles. The van der Waals surface area contributed by atoms with Crippen LogP contribution >= 0.6 is 0 Å². The zero-order chi connectivity index (χ0) is 16.4. The predicted octanol–water partition coefficient (Wildman–Crippen LogP) is 3.37. The fourth-order valence-corrected chi connectivity index (χ4v) is 3.07. The third kappa shape index (κ3) is 2.76. The van der Waals surface area contributed by atoms with Crippen LogP contribution in [0.4, 0.5) is 23.0 Å². The van der Waals surface area contributed by atoms with Crippen LogP contribution in [0.1, 0.15) is 11.1 Å². The van der Waals surface area contributed by atoms with Gasteiger partial charge in [-0.3, -0.25) is 0 Å². The Hall–Kier alpha value is -3.08. The number of para-hydroxylation sites is 1. The molecule has 0 unspecified atom stereocenters. The Labute approximate surface area is 141 Å². The summed E-state index contributed by atoms with van der Waals surface area (Å²) in [4.78, 5) is 10.9. The maximum absolute atomic E-state index is 6.35. The average Bonchev–Trinajstić information content (AvgIpc) is 2.64. The Morgan fingerprint density at radius 1 is 0.917 bits per heavy atom. The van der Waals surface area contributed by atoms with Gasteiger partial charge in [-0.2, -0.15) is 0 Å². The highest BCUT2D eigenvalue weighted by Gasteiger charge is 2.20. The van der Waals surface area contributed by atoms with E-state index in [0.29, 0.717) is 11.5 Å². The van der Waals surface area contributed by atoms with E-state index in [0.717, 1.165) is 31.0 Å². The molecule has 1 aliphatic heterocycles. The van der Waals surface area contributed by atoms with Crippen LogP contribution in [0.25, 0.3) is 0 Å². The van der Waals surface area contributed by atoms with Crippen molar-refractivity contribution in [3.63, 3.8) is 0 Å². The second-order valence-electron chi connectivity index (χ2n) is 5.89. The van der Waals surface area contributed by atoms with Gasteiger partial charge < -0.3 is 16.0 Å². The standard InChI is InChI=1S/C19H19N5/c20-17-18(23-16-8-2-1-3-9-16)21-13-22-19(17)24-11-10-14-6-4-5-7-15(14)12-24/h1-9,13H,10-12,20H2,(H,21,22,23). The molecule has 0 amide bonds. The predicted molar refractivity (Wildman–Crippen MR) is 97.4 cm³/mol. The summed E-state index contributed by atoms with van der Waals surface area (Å²) in [6.07, 6.45) is 2.57. The molecule has 0 saturated carbocycles. The molecule has 5 heteroatoms. The zero-order valence-corrected chi connectivity index (χ0v) is 13.3. The van der Waals surface area contributed by atoms with Gasteiger partial charge in [0.05, 0.1) is 0 Å². The number of fused-ring (bicyclic) bond motifs is 1. The van der Waals surface area contributed by atoms with Crippen LogP contribution in [-0.2, 0) is 13.0 Å². The van der Waals surface area contributed by atoms with E-state index in [1.165, 1.54) is 11.1 Å². The van der Waals surface area contributed by atoms with Crippen molar-refractivity contribution in [2.75, 3.05) is 22.5 Å². The smallest absolute Gasteiger partial charge is 0.159 e. The number of benzene rings is 2. The van der Waals surface area contributed by atoms with Crippen molar-refractivity contribution < 1.29 is 0 Å². The van der Waals surface area contributed by atoms with Gasteiger partial charge in [-0.05, 0) is 29.7 Å². The molecule has 0 saturated heterocycles. The van der Waals surface area contributed by atoms with Gasteiger partial charge >= 0.3 is 0 Å². The molecule has 0 aliphatic carbocycles. The number of nitrogen functional groups attached to an aromatic ring is 1. The van der Waals surface area contributed by atoms with Gasteiger partial charge in [-0.1, -0.05) is 42.5 Å². The Balaban J connectivity index is 1.62. The molecule has 1 aromatic heterocycles. The van der Waals surface area contributed by atoms with E-state index in [2.05, 4.69) is 44.5 Å². The van der Waals surface area contributed by atoms with Crippen LogP contribution in [0.3, 0.4) is 0 Å². The number of nitrogens with two attached hydrogens (primary N) is 1. The van der Waals surface area contributed by atoms with Gasteiger partial charge in [0, 0.05) is 18.8 Å². The van der Waals surface area contributed by atoms with E-state index < -0.39 is 0 Å². The molecule has 120 valence electrons. The zero-order valence-electron chi connectivity index (χ0n) is 13.3. The average molecular weight is 317 g/mol. The van der Waals surface area contributed by atoms with Crippen LogP contribution in [0.15, 0.2) is 60.9 Å². The molecule has 4 rings (SSSR count). The number of nitrogens with one attached hydrogen (secondary N) is 1. The van der Waals surface area contributed by atoms with Gasteiger partial charge in [0.2, 0.25) is 0 Å². The normalized spacial score (nSPS) is 13.4. The van der Waals surface area contributed by atoms with Gasteiger partial charge in [0.25, 0.3) is 0 Å². The molecule has 1 aliphatic rings. The van der Waals surface area contributed by atoms with Gasteiger partial charge in [0.1, 0.15) is 12.0 Å². The summed E-state index contributed by atoms with van der Waals surface area (Å²) in [6, 6.07) is 18.4. The van der Waals surface area contributed by atoms with Crippen molar-refractivity contribution in [1.29, 1.82) is 0 Å². The second kappa shape index (κ2) is 6.20. The number of aromatic nitrogens is 2. The summed E-state index contributed by atoms with van der Waals surface area (Å²) >= 11 is 0. The first-order valence-corrected chi connectivity index (χ1v) is 8.05. The first-order chi connectivity index (χ1) is 11.8. The van der Waals surface area contributed by atoms with Crippen molar-refractivity contribution in [1.82, 2.24) is 9.97 Å². The second-order valence-corrected chi connectivity index (χ2v) is 5.89. The highest BCUT2D eigenvalue weighted by molar-refractivity contribution is 5.78. The number of hydrogen-bond acceptors (Lipinski definition) is 5. The number of rotatable bonds is 3. The van der Waals surface area contributed by atoms with Crippen molar-refractivity contribution >= 4 is 23.0 Å². The Bertz CT molecular complexity index is 847. The van der Waals surface area contributed by atoms with Gasteiger partial charge in [0.15, 0.2) is 11.6 Å². The summed E-state index contributed by atoms with van der Waals surface area (Å²) < 4.78 is 0. The summed E-state index contributed by atoms with van der Waals surface area (Å²) in [7, 11) is 0. The topological polar surface area (TPSA) is 67.1 Å². The highest BCUT2D eigenvalue weighted by atomic mass is 15.2. The van der Waals surface area contributed by atoms with E-state index in [4.69, 9.17) is 5.73 Å². The first kappa shape index (κ1) is 14.5. The van der Waals surface area contributed by atoms with Crippen molar-refractivity contribution in [3.05, 3.63) is 72.1 Å². The minimum atomic E-state index is 0.584. The summed E-state index contributed by atoms with van der Waals surface area (Å²) in [5.74, 6) is 1.43. The molecule has 5 nitrogen and oxygen atoms in total. The molecule has 0 bridgehead atoms.